The molecule has 0 aromatic heterocycles. The third-order valence-corrected chi connectivity index (χ3v) is 3.08. The van der Waals surface area contributed by atoms with Crippen molar-refractivity contribution in [1.82, 2.24) is 0 Å². The Morgan fingerprint density at radius 2 is 1.50 bits per heavy atom. The van der Waals surface area contributed by atoms with Crippen LogP contribution in [0.4, 0.5) is 0 Å². The lowest BCUT2D eigenvalue weighted by Crippen LogP contribution is -2.17. The molecule has 2 saturated carbocycles. The van der Waals surface area contributed by atoms with Crippen LogP contribution in [0.25, 0.3) is 0 Å². The van der Waals surface area contributed by atoms with Crippen molar-refractivity contribution < 1.29 is 0 Å². The van der Waals surface area contributed by atoms with Gasteiger partial charge in [-0.15, -0.1) is 0 Å². The molecule has 0 nitrogen and oxygen atoms in total. The molecular formula is C12H18. The van der Waals surface area contributed by atoms with Gasteiger partial charge in [-0.3, -0.25) is 0 Å². The van der Waals surface area contributed by atoms with E-state index in [1.165, 1.54) is 57.8 Å². The highest BCUT2D eigenvalue weighted by molar-refractivity contribution is 5.25. The van der Waals surface area contributed by atoms with E-state index in [1.807, 2.05) is 0 Å². The molecule has 2 aliphatic rings. The third kappa shape index (κ3) is 2.02. The predicted octanol–water partition coefficient (Wildman–Crippen LogP) is 3.75. The molecule has 0 aliphatic heterocycles. The van der Waals surface area contributed by atoms with Crippen LogP contribution in [0.3, 0.4) is 0 Å². The average molecular weight is 162 g/mol. The molecule has 66 valence electrons. The number of hydrogen-bond donors (Lipinski definition) is 0. The molecule has 0 aromatic carbocycles. The van der Waals surface area contributed by atoms with Crippen LogP contribution < -0.4 is 0 Å². The minimum atomic E-state index is 1.22. The summed E-state index contributed by atoms with van der Waals surface area (Å²) in [5.74, 6) is 3.36. The summed E-state index contributed by atoms with van der Waals surface area (Å²) in [6, 6.07) is 0. The summed E-state index contributed by atoms with van der Waals surface area (Å²) in [5, 5.41) is 0. The van der Waals surface area contributed by atoms with E-state index in [-0.39, 0.29) is 0 Å². The molecule has 0 saturated heterocycles. The van der Waals surface area contributed by atoms with E-state index in [2.05, 4.69) is 6.42 Å². The standard InChI is InChI=1S/C12H18/c1-3-7-11(8-4-1)12-9-5-2-6-10-12/h1-9H2. The maximum Gasteiger partial charge on any atom is -0.00938 e. The first-order valence-corrected chi connectivity index (χ1v) is 5.41. The quantitative estimate of drug-likeness (QED) is 0.550. The van der Waals surface area contributed by atoms with Crippen LogP contribution in [-0.4, -0.2) is 0 Å². The van der Waals surface area contributed by atoms with Crippen LogP contribution in [0.1, 0.15) is 57.8 Å². The largest absolute Gasteiger partial charge is 0.0533 e. The van der Waals surface area contributed by atoms with Gasteiger partial charge < -0.3 is 0 Å². The Balaban J connectivity index is 1.80. The fourth-order valence-corrected chi connectivity index (χ4v) is 2.34. The molecule has 2 fully saturated rings. The van der Waals surface area contributed by atoms with Gasteiger partial charge in [0.1, 0.15) is 0 Å². The van der Waals surface area contributed by atoms with Crippen molar-refractivity contribution in [2.24, 2.45) is 0 Å². The molecule has 0 atom stereocenters. The molecule has 2 rings (SSSR count). The second-order valence-electron chi connectivity index (χ2n) is 4.03. The lowest BCUT2D eigenvalue weighted by atomic mass is 9.73. The first-order chi connectivity index (χ1) is 5.97. The maximum atomic E-state index is 3.57. The molecule has 12 heavy (non-hydrogen) atoms. The van der Waals surface area contributed by atoms with Crippen molar-refractivity contribution in [1.29, 1.82) is 0 Å². The van der Waals surface area contributed by atoms with Gasteiger partial charge in [-0.1, -0.05) is 32.1 Å². The Bertz CT molecular complexity index is 100. The van der Waals surface area contributed by atoms with E-state index in [9.17, 15) is 0 Å². The molecule has 0 N–H and O–H groups in total. The Morgan fingerprint density at radius 3 is 2.17 bits per heavy atom. The van der Waals surface area contributed by atoms with E-state index in [0.29, 0.717) is 0 Å². The molecular weight excluding hydrogens is 144 g/mol. The van der Waals surface area contributed by atoms with Gasteiger partial charge in [-0.25, -0.2) is 0 Å². The summed E-state index contributed by atoms with van der Waals surface area (Å²) < 4.78 is 0. The summed E-state index contributed by atoms with van der Waals surface area (Å²) in [5.41, 5.74) is 0. The number of rotatable bonds is 1. The second-order valence-corrected chi connectivity index (χ2v) is 4.03. The normalized spacial score (nSPS) is 29.0. The Labute approximate surface area is 76.7 Å². The zero-order valence-corrected chi connectivity index (χ0v) is 7.86. The van der Waals surface area contributed by atoms with Crippen LogP contribution in [0.5, 0.6) is 0 Å². The molecule has 4 radical (unpaired) electrons. The van der Waals surface area contributed by atoms with E-state index in [0.717, 1.165) is 0 Å². The molecule has 0 amide bonds. The molecule has 0 unspecified atom stereocenters. The van der Waals surface area contributed by atoms with Gasteiger partial charge in [0.2, 0.25) is 0 Å². The molecule has 0 aromatic rings. The van der Waals surface area contributed by atoms with E-state index in [4.69, 9.17) is 0 Å². The summed E-state index contributed by atoms with van der Waals surface area (Å²) in [7, 11) is 0. The van der Waals surface area contributed by atoms with Crippen LogP contribution in [0, 0.1) is 18.3 Å². The highest BCUT2D eigenvalue weighted by atomic mass is 14.3. The third-order valence-electron chi connectivity index (χ3n) is 3.08. The van der Waals surface area contributed by atoms with Crippen molar-refractivity contribution >= 4 is 0 Å². The lowest BCUT2D eigenvalue weighted by Gasteiger charge is -2.31. The topological polar surface area (TPSA) is 0 Å². The van der Waals surface area contributed by atoms with E-state index < -0.39 is 0 Å². The summed E-state index contributed by atoms with van der Waals surface area (Å²) >= 11 is 0. The average Bonchev–Trinajstić information content (AvgIpc) is 2.21. The highest BCUT2D eigenvalue weighted by Crippen LogP contribution is 2.40. The fraction of sp³-hybridized carbons (Fsp3) is 0.750. The molecule has 2 aliphatic carbocycles. The van der Waals surface area contributed by atoms with Gasteiger partial charge >= 0.3 is 0 Å². The smallest absolute Gasteiger partial charge is 0.00938 e. The van der Waals surface area contributed by atoms with Gasteiger partial charge in [-0.2, -0.15) is 0 Å². The predicted molar refractivity (Wildman–Crippen MR) is 51.3 cm³/mol. The molecule has 0 spiro atoms. The minimum absolute atomic E-state index is 1.22. The fourth-order valence-electron chi connectivity index (χ4n) is 2.34. The van der Waals surface area contributed by atoms with Crippen LogP contribution in [0.15, 0.2) is 0 Å². The summed E-state index contributed by atoms with van der Waals surface area (Å²) in [6.07, 6.45) is 16.0. The van der Waals surface area contributed by atoms with Gasteiger partial charge in [0.05, 0.1) is 0 Å². The van der Waals surface area contributed by atoms with Gasteiger partial charge in [-0.05, 0) is 43.9 Å². The molecule has 0 bridgehead atoms. The lowest BCUT2D eigenvalue weighted by molar-refractivity contribution is 0.493. The zero-order chi connectivity index (χ0) is 8.23. The maximum absolute atomic E-state index is 3.57. The Hall–Kier alpha value is 0. The number of hydrogen-bond acceptors (Lipinski definition) is 0. The van der Waals surface area contributed by atoms with E-state index >= 15 is 0 Å². The van der Waals surface area contributed by atoms with Gasteiger partial charge in [0, 0.05) is 0 Å². The van der Waals surface area contributed by atoms with Gasteiger partial charge in [0.15, 0.2) is 0 Å². The first kappa shape index (κ1) is 8.59. The zero-order valence-electron chi connectivity index (χ0n) is 7.86. The van der Waals surface area contributed by atoms with Crippen LogP contribution in [-0.2, 0) is 0 Å². The Morgan fingerprint density at radius 1 is 0.750 bits per heavy atom. The SMILES string of the molecule is [C]1CCCC[C]1[C]1CCCCC1. The van der Waals surface area contributed by atoms with Crippen LogP contribution >= 0.6 is 0 Å². The molecule has 0 heteroatoms. The Kier molecular flexibility index (Phi) is 3.08. The van der Waals surface area contributed by atoms with Crippen molar-refractivity contribution in [3.8, 4) is 0 Å². The highest BCUT2D eigenvalue weighted by Gasteiger charge is 2.26. The van der Waals surface area contributed by atoms with Crippen molar-refractivity contribution in [2.75, 3.05) is 0 Å². The first-order valence-electron chi connectivity index (χ1n) is 5.41. The van der Waals surface area contributed by atoms with Crippen molar-refractivity contribution in [2.45, 2.75) is 57.8 Å². The van der Waals surface area contributed by atoms with Gasteiger partial charge in [0.25, 0.3) is 0 Å². The van der Waals surface area contributed by atoms with Crippen LogP contribution in [0.2, 0.25) is 0 Å². The van der Waals surface area contributed by atoms with Crippen molar-refractivity contribution in [3.05, 3.63) is 18.3 Å². The van der Waals surface area contributed by atoms with E-state index in [1.54, 1.807) is 11.8 Å². The van der Waals surface area contributed by atoms with Crippen molar-refractivity contribution in [3.63, 3.8) is 0 Å². The molecule has 0 heterocycles. The monoisotopic (exact) mass is 162 g/mol. The minimum Gasteiger partial charge on any atom is -0.0533 e. The summed E-state index contributed by atoms with van der Waals surface area (Å²) in [6.45, 7) is 0. The summed E-state index contributed by atoms with van der Waals surface area (Å²) in [4.78, 5) is 0. The second kappa shape index (κ2) is 4.30.